The molecule has 0 aliphatic carbocycles. The Bertz CT molecular complexity index is 559. The van der Waals surface area contributed by atoms with Crippen LogP contribution in [0.4, 0.5) is 0 Å². The highest BCUT2D eigenvalue weighted by molar-refractivity contribution is 6.48. The summed E-state index contributed by atoms with van der Waals surface area (Å²) in [6, 6.07) is 4.59. The van der Waals surface area contributed by atoms with Gasteiger partial charge in [-0.1, -0.05) is 34.8 Å². The lowest BCUT2D eigenvalue weighted by molar-refractivity contribution is 0.849. The Morgan fingerprint density at radius 1 is 1.07 bits per heavy atom. The maximum absolute atomic E-state index is 11.4. The van der Waals surface area contributed by atoms with E-state index in [4.69, 9.17) is 34.8 Å². The van der Waals surface area contributed by atoms with Crippen LogP contribution < -0.4 is 5.56 Å². The van der Waals surface area contributed by atoms with Crippen molar-refractivity contribution in [3.63, 3.8) is 0 Å². The molecule has 0 aliphatic heterocycles. The number of aromatic amines is 1. The van der Waals surface area contributed by atoms with Gasteiger partial charge in [-0.15, -0.1) is 0 Å². The summed E-state index contributed by atoms with van der Waals surface area (Å²) in [5.41, 5.74) is 0.261. The van der Waals surface area contributed by atoms with E-state index in [0.29, 0.717) is 10.7 Å². The fourth-order valence-corrected chi connectivity index (χ4v) is 1.81. The summed E-state index contributed by atoms with van der Waals surface area (Å²) < 4.78 is 1.28. The minimum atomic E-state index is -0.213. The quantitative estimate of drug-likeness (QED) is 0.789. The van der Waals surface area contributed by atoms with E-state index in [1.165, 1.54) is 16.9 Å². The van der Waals surface area contributed by atoms with Crippen LogP contribution in [-0.2, 0) is 0 Å². The van der Waals surface area contributed by atoms with Crippen LogP contribution >= 0.6 is 34.8 Å². The number of aromatic nitrogens is 2. The van der Waals surface area contributed by atoms with Crippen molar-refractivity contribution in [2.24, 2.45) is 0 Å². The third-order valence-corrected chi connectivity index (χ3v) is 3.19. The molecule has 1 aromatic carbocycles. The molecule has 78 valence electrons. The highest BCUT2D eigenvalue weighted by Gasteiger charge is 2.11. The average Bonchev–Trinajstić information content (AvgIpc) is 2.62. The van der Waals surface area contributed by atoms with Gasteiger partial charge in [0.2, 0.25) is 0 Å². The zero-order valence-electron chi connectivity index (χ0n) is 7.30. The smallest absolute Gasteiger partial charge is 0.271 e. The highest BCUT2D eigenvalue weighted by atomic mass is 35.5. The summed E-state index contributed by atoms with van der Waals surface area (Å²) in [7, 11) is 0. The van der Waals surface area contributed by atoms with E-state index in [1.54, 1.807) is 12.1 Å². The number of nitrogens with one attached hydrogen (secondary N) is 1. The molecule has 1 heterocycles. The summed E-state index contributed by atoms with van der Waals surface area (Å²) >= 11 is 17.6. The number of hydrogen-bond donors (Lipinski definition) is 1. The van der Waals surface area contributed by atoms with Crippen LogP contribution in [0.5, 0.6) is 0 Å². The van der Waals surface area contributed by atoms with Gasteiger partial charge in [-0.05, 0) is 12.1 Å². The summed E-state index contributed by atoms with van der Waals surface area (Å²) in [5.74, 6) is 0. The summed E-state index contributed by atoms with van der Waals surface area (Å²) in [6.45, 7) is 0. The van der Waals surface area contributed by atoms with Gasteiger partial charge in [0.25, 0.3) is 5.56 Å². The molecule has 0 saturated heterocycles. The van der Waals surface area contributed by atoms with Crippen molar-refractivity contribution in [2.75, 3.05) is 0 Å². The van der Waals surface area contributed by atoms with Gasteiger partial charge in [0.05, 0.1) is 20.8 Å². The SMILES string of the molecule is O=c1cc[nH]n1-c1ccc(Cl)c(Cl)c1Cl. The summed E-state index contributed by atoms with van der Waals surface area (Å²) in [4.78, 5) is 11.4. The predicted octanol–water partition coefficient (Wildman–Crippen LogP) is 3.13. The Kier molecular flexibility index (Phi) is 2.78. The Hall–Kier alpha value is -0.900. The molecule has 0 unspecified atom stereocenters. The Morgan fingerprint density at radius 3 is 2.40 bits per heavy atom. The van der Waals surface area contributed by atoms with E-state index in [1.807, 2.05) is 0 Å². The molecule has 0 bridgehead atoms. The first kappa shape index (κ1) is 10.6. The van der Waals surface area contributed by atoms with E-state index in [9.17, 15) is 4.79 Å². The van der Waals surface area contributed by atoms with E-state index < -0.39 is 0 Å². The molecule has 15 heavy (non-hydrogen) atoms. The van der Waals surface area contributed by atoms with Crippen LogP contribution in [0, 0.1) is 0 Å². The third kappa shape index (κ3) is 1.78. The second-order valence-electron chi connectivity index (χ2n) is 2.83. The lowest BCUT2D eigenvalue weighted by atomic mass is 10.3. The van der Waals surface area contributed by atoms with Crippen LogP contribution in [-0.4, -0.2) is 9.78 Å². The van der Waals surface area contributed by atoms with Gasteiger partial charge in [-0.25, -0.2) is 4.68 Å². The van der Waals surface area contributed by atoms with Crippen molar-refractivity contribution in [1.29, 1.82) is 0 Å². The van der Waals surface area contributed by atoms with Gasteiger partial charge in [0, 0.05) is 12.3 Å². The van der Waals surface area contributed by atoms with E-state index in [0.717, 1.165) is 0 Å². The normalized spacial score (nSPS) is 10.6. The molecule has 0 aliphatic rings. The van der Waals surface area contributed by atoms with Gasteiger partial charge < -0.3 is 0 Å². The van der Waals surface area contributed by atoms with Gasteiger partial charge in [0.15, 0.2) is 0 Å². The highest BCUT2D eigenvalue weighted by Crippen LogP contribution is 2.33. The first-order valence-electron chi connectivity index (χ1n) is 4.01. The minimum Gasteiger partial charge on any atom is -0.298 e. The van der Waals surface area contributed by atoms with E-state index in [-0.39, 0.29) is 15.6 Å². The van der Waals surface area contributed by atoms with Crippen molar-refractivity contribution in [3.05, 3.63) is 49.8 Å². The van der Waals surface area contributed by atoms with Gasteiger partial charge in [-0.2, -0.15) is 0 Å². The Balaban J connectivity index is 2.70. The number of halogens is 3. The second-order valence-corrected chi connectivity index (χ2v) is 3.99. The molecule has 0 radical (unpaired) electrons. The molecule has 0 saturated carbocycles. The van der Waals surface area contributed by atoms with Crippen molar-refractivity contribution in [1.82, 2.24) is 9.78 Å². The van der Waals surface area contributed by atoms with Crippen molar-refractivity contribution in [2.45, 2.75) is 0 Å². The number of rotatable bonds is 1. The van der Waals surface area contributed by atoms with Crippen molar-refractivity contribution < 1.29 is 0 Å². The predicted molar refractivity (Wildman–Crippen MR) is 61.4 cm³/mol. The van der Waals surface area contributed by atoms with Crippen molar-refractivity contribution >= 4 is 34.8 Å². The zero-order chi connectivity index (χ0) is 11.0. The van der Waals surface area contributed by atoms with E-state index in [2.05, 4.69) is 5.10 Å². The molecular formula is C9H5Cl3N2O. The molecule has 3 nitrogen and oxygen atoms in total. The monoisotopic (exact) mass is 262 g/mol. The van der Waals surface area contributed by atoms with Gasteiger partial charge in [0.1, 0.15) is 0 Å². The molecular weight excluding hydrogens is 258 g/mol. The number of nitrogens with zero attached hydrogens (tertiary/aromatic N) is 1. The van der Waals surface area contributed by atoms with Crippen LogP contribution in [0.25, 0.3) is 5.69 Å². The first-order valence-corrected chi connectivity index (χ1v) is 5.15. The largest absolute Gasteiger partial charge is 0.298 e. The topological polar surface area (TPSA) is 37.8 Å². The lowest BCUT2D eigenvalue weighted by Crippen LogP contribution is -2.13. The van der Waals surface area contributed by atoms with Crippen LogP contribution in [0.3, 0.4) is 0 Å². The number of hydrogen-bond acceptors (Lipinski definition) is 1. The average molecular weight is 264 g/mol. The standard InChI is InChI=1S/C9H5Cl3N2O/c10-5-1-2-6(9(12)8(5)11)14-7(15)3-4-13-14/h1-4,13H. The Morgan fingerprint density at radius 2 is 1.80 bits per heavy atom. The summed E-state index contributed by atoms with van der Waals surface area (Å²) in [6.07, 6.45) is 1.52. The molecule has 1 N–H and O–H groups in total. The molecule has 2 aromatic rings. The fourth-order valence-electron chi connectivity index (χ4n) is 1.20. The lowest BCUT2D eigenvalue weighted by Gasteiger charge is -2.06. The molecule has 0 spiro atoms. The minimum absolute atomic E-state index is 0.213. The first-order chi connectivity index (χ1) is 7.11. The maximum atomic E-state index is 11.4. The number of H-pyrrole nitrogens is 1. The van der Waals surface area contributed by atoms with Crippen molar-refractivity contribution in [3.8, 4) is 5.69 Å². The summed E-state index contributed by atoms with van der Waals surface area (Å²) in [5, 5.41) is 3.56. The second kappa shape index (κ2) is 3.93. The van der Waals surface area contributed by atoms with E-state index >= 15 is 0 Å². The van der Waals surface area contributed by atoms with Gasteiger partial charge in [-0.3, -0.25) is 9.89 Å². The molecule has 6 heteroatoms. The van der Waals surface area contributed by atoms with Crippen LogP contribution in [0.2, 0.25) is 15.1 Å². The zero-order valence-corrected chi connectivity index (χ0v) is 9.57. The maximum Gasteiger partial charge on any atom is 0.271 e. The molecule has 0 atom stereocenters. The molecule has 0 fully saturated rings. The van der Waals surface area contributed by atoms with Crippen LogP contribution in [0.15, 0.2) is 29.2 Å². The Labute approximate surface area is 100 Å². The fraction of sp³-hybridized carbons (Fsp3) is 0. The molecule has 1 aromatic heterocycles. The number of benzene rings is 1. The molecule has 0 amide bonds. The third-order valence-electron chi connectivity index (χ3n) is 1.91. The molecule has 2 rings (SSSR count). The van der Waals surface area contributed by atoms with Crippen LogP contribution in [0.1, 0.15) is 0 Å². The van der Waals surface area contributed by atoms with Gasteiger partial charge >= 0.3 is 0 Å².